The first-order valence-electron chi connectivity index (χ1n) is 7.55. The Kier molecular flexibility index (Phi) is 4.20. The number of aryl methyl sites for hydroxylation is 1. The summed E-state index contributed by atoms with van der Waals surface area (Å²) in [6.45, 7) is 3.67. The number of aromatic nitrogens is 3. The van der Waals surface area contributed by atoms with Gasteiger partial charge in [0, 0.05) is 12.6 Å². The van der Waals surface area contributed by atoms with Crippen molar-refractivity contribution in [3.8, 4) is 5.75 Å². The summed E-state index contributed by atoms with van der Waals surface area (Å²) in [6.07, 6.45) is 4.19. The maximum atomic E-state index is 5.29. The minimum absolute atomic E-state index is 0.577. The first-order chi connectivity index (χ1) is 10.3. The van der Waals surface area contributed by atoms with E-state index in [1.165, 1.54) is 18.4 Å². The minimum atomic E-state index is 0.577. The molecule has 1 aromatic heterocycles. The molecule has 5 heteroatoms. The van der Waals surface area contributed by atoms with Gasteiger partial charge in [-0.05, 0) is 43.4 Å². The molecule has 5 nitrogen and oxygen atoms in total. The van der Waals surface area contributed by atoms with Gasteiger partial charge < -0.3 is 10.1 Å². The lowest BCUT2D eigenvalue weighted by Crippen LogP contribution is -2.39. The van der Waals surface area contributed by atoms with Crippen LogP contribution in [0.2, 0.25) is 0 Å². The van der Waals surface area contributed by atoms with Crippen molar-refractivity contribution in [3.63, 3.8) is 0 Å². The largest absolute Gasteiger partial charge is 0.497 e. The van der Waals surface area contributed by atoms with E-state index in [0.717, 1.165) is 24.5 Å². The van der Waals surface area contributed by atoms with Gasteiger partial charge in [0.15, 0.2) is 0 Å². The molecule has 112 valence electrons. The molecular weight excluding hydrogens is 264 g/mol. The first kappa shape index (κ1) is 14.1. The molecule has 1 heterocycles. The zero-order valence-corrected chi connectivity index (χ0v) is 12.6. The van der Waals surface area contributed by atoms with Gasteiger partial charge in [0.05, 0.1) is 25.5 Å². The molecule has 0 aliphatic heterocycles. The van der Waals surface area contributed by atoms with Crippen molar-refractivity contribution in [2.24, 2.45) is 0 Å². The standard InChI is InChI=1S/C16H22N4O/c1-3-20-18-11-15(19-20)10-17-14-7-13(8-14)12-5-4-6-16(9-12)21-2/h4-6,9,11,13-14,17H,3,7-8,10H2,1-2H3. The summed E-state index contributed by atoms with van der Waals surface area (Å²) in [6, 6.07) is 8.98. The molecule has 2 aromatic rings. The number of hydrogen-bond donors (Lipinski definition) is 1. The molecule has 0 atom stereocenters. The lowest BCUT2D eigenvalue weighted by Gasteiger charge is -2.36. The van der Waals surface area contributed by atoms with Gasteiger partial charge in [-0.1, -0.05) is 12.1 Å². The van der Waals surface area contributed by atoms with Crippen LogP contribution in [-0.2, 0) is 13.1 Å². The quantitative estimate of drug-likeness (QED) is 0.885. The SMILES string of the molecule is CCn1ncc(CNC2CC(c3cccc(OC)c3)C2)n1. The lowest BCUT2D eigenvalue weighted by atomic mass is 9.76. The maximum Gasteiger partial charge on any atom is 0.119 e. The van der Waals surface area contributed by atoms with E-state index >= 15 is 0 Å². The Labute approximate surface area is 125 Å². The molecular formula is C16H22N4O. The topological polar surface area (TPSA) is 52.0 Å². The smallest absolute Gasteiger partial charge is 0.119 e. The first-order valence-corrected chi connectivity index (χ1v) is 7.55. The Hall–Kier alpha value is -1.88. The average molecular weight is 286 g/mol. The van der Waals surface area contributed by atoms with Gasteiger partial charge in [-0.3, -0.25) is 0 Å². The zero-order valence-electron chi connectivity index (χ0n) is 12.6. The fourth-order valence-corrected chi connectivity index (χ4v) is 2.77. The monoisotopic (exact) mass is 286 g/mol. The Morgan fingerprint density at radius 3 is 2.95 bits per heavy atom. The third-order valence-corrected chi connectivity index (χ3v) is 4.14. The number of methoxy groups -OCH3 is 1. The third-order valence-electron chi connectivity index (χ3n) is 4.14. The molecule has 3 rings (SSSR count). The molecule has 1 fully saturated rings. The molecule has 0 saturated heterocycles. The van der Waals surface area contributed by atoms with Gasteiger partial charge in [-0.25, -0.2) is 0 Å². The van der Waals surface area contributed by atoms with Crippen molar-refractivity contribution < 1.29 is 4.74 Å². The van der Waals surface area contributed by atoms with Crippen molar-refractivity contribution in [3.05, 3.63) is 41.7 Å². The van der Waals surface area contributed by atoms with E-state index in [9.17, 15) is 0 Å². The van der Waals surface area contributed by atoms with Crippen molar-refractivity contribution in [1.29, 1.82) is 0 Å². The lowest BCUT2D eigenvalue weighted by molar-refractivity contribution is 0.287. The van der Waals surface area contributed by atoms with Crippen LogP contribution in [0.5, 0.6) is 5.75 Å². The maximum absolute atomic E-state index is 5.29. The van der Waals surface area contributed by atoms with Gasteiger partial charge in [0.2, 0.25) is 0 Å². The molecule has 0 unspecified atom stereocenters. The van der Waals surface area contributed by atoms with Crippen molar-refractivity contribution in [1.82, 2.24) is 20.3 Å². The van der Waals surface area contributed by atoms with Crippen molar-refractivity contribution >= 4 is 0 Å². The Morgan fingerprint density at radius 2 is 2.24 bits per heavy atom. The molecule has 1 aliphatic carbocycles. The Balaban J connectivity index is 1.47. The molecule has 0 amide bonds. The fourth-order valence-electron chi connectivity index (χ4n) is 2.77. The number of rotatable bonds is 6. The van der Waals surface area contributed by atoms with E-state index in [0.29, 0.717) is 12.0 Å². The predicted molar refractivity (Wildman–Crippen MR) is 81.3 cm³/mol. The number of nitrogens with one attached hydrogen (secondary N) is 1. The van der Waals surface area contributed by atoms with Crippen LogP contribution in [0.15, 0.2) is 30.5 Å². The van der Waals surface area contributed by atoms with Gasteiger partial charge in [-0.15, -0.1) is 0 Å². The zero-order chi connectivity index (χ0) is 14.7. The number of benzene rings is 1. The molecule has 0 bridgehead atoms. The second-order valence-corrected chi connectivity index (χ2v) is 5.55. The van der Waals surface area contributed by atoms with Crippen LogP contribution < -0.4 is 10.1 Å². The normalized spacial score (nSPS) is 21.0. The molecule has 1 aromatic carbocycles. The molecule has 21 heavy (non-hydrogen) atoms. The highest BCUT2D eigenvalue weighted by molar-refractivity contribution is 5.32. The van der Waals surface area contributed by atoms with E-state index < -0.39 is 0 Å². The Morgan fingerprint density at radius 1 is 1.38 bits per heavy atom. The van der Waals surface area contributed by atoms with Crippen LogP contribution in [0.3, 0.4) is 0 Å². The van der Waals surface area contributed by atoms with E-state index in [2.05, 4.69) is 33.7 Å². The van der Waals surface area contributed by atoms with E-state index in [-0.39, 0.29) is 0 Å². The van der Waals surface area contributed by atoms with E-state index in [4.69, 9.17) is 4.74 Å². The highest BCUT2D eigenvalue weighted by Gasteiger charge is 2.30. The van der Waals surface area contributed by atoms with Crippen molar-refractivity contribution in [2.45, 2.75) is 44.8 Å². The highest BCUT2D eigenvalue weighted by Crippen LogP contribution is 2.37. The Bertz CT molecular complexity index is 589. The second-order valence-electron chi connectivity index (χ2n) is 5.55. The van der Waals surface area contributed by atoms with Crippen molar-refractivity contribution in [2.75, 3.05) is 7.11 Å². The fraction of sp³-hybridized carbons (Fsp3) is 0.500. The molecule has 1 N–H and O–H groups in total. The van der Waals surface area contributed by atoms with Crippen LogP contribution in [0.1, 0.15) is 36.9 Å². The van der Waals surface area contributed by atoms with Crippen LogP contribution in [-0.4, -0.2) is 28.1 Å². The van der Waals surface area contributed by atoms with Crippen LogP contribution >= 0.6 is 0 Å². The molecule has 0 radical (unpaired) electrons. The van der Waals surface area contributed by atoms with Crippen LogP contribution in [0, 0.1) is 0 Å². The van der Waals surface area contributed by atoms with Gasteiger partial charge in [-0.2, -0.15) is 15.0 Å². The summed E-state index contributed by atoms with van der Waals surface area (Å²) in [5.41, 5.74) is 2.39. The molecule has 1 saturated carbocycles. The predicted octanol–water partition coefficient (Wildman–Crippen LogP) is 2.34. The number of hydrogen-bond acceptors (Lipinski definition) is 4. The molecule has 1 aliphatic rings. The summed E-state index contributed by atoms with van der Waals surface area (Å²) >= 11 is 0. The van der Waals surface area contributed by atoms with Crippen LogP contribution in [0.4, 0.5) is 0 Å². The second kappa shape index (κ2) is 6.26. The third kappa shape index (κ3) is 3.24. The summed E-state index contributed by atoms with van der Waals surface area (Å²) in [5.74, 6) is 1.59. The summed E-state index contributed by atoms with van der Waals surface area (Å²) in [5, 5.41) is 12.1. The summed E-state index contributed by atoms with van der Waals surface area (Å²) < 4.78 is 5.29. The highest BCUT2D eigenvalue weighted by atomic mass is 16.5. The molecule has 0 spiro atoms. The minimum Gasteiger partial charge on any atom is -0.497 e. The van der Waals surface area contributed by atoms with Crippen LogP contribution in [0.25, 0.3) is 0 Å². The van der Waals surface area contributed by atoms with E-state index in [1.807, 2.05) is 19.2 Å². The van der Waals surface area contributed by atoms with Gasteiger partial charge in [0.25, 0.3) is 0 Å². The number of ether oxygens (including phenoxy) is 1. The van der Waals surface area contributed by atoms with Gasteiger partial charge >= 0.3 is 0 Å². The average Bonchev–Trinajstić information content (AvgIpc) is 2.94. The van der Waals surface area contributed by atoms with Gasteiger partial charge in [0.1, 0.15) is 5.75 Å². The summed E-state index contributed by atoms with van der Waals surface area (Å²) in [7, 11) is 1.72. The van der Waals surface area contributed by atoms with E-state index in [1.54, 1.807) is 11.9 Å². The number of nitrogens with zero attached hydrogens (tertiary/aromatic N) is 3. The summed E-state index contributed by atoms with van der Waals surface area (Å²) in [4.78, 5) is 1.72.